The number of nitrogens with zero attached hydrogens (tertiary/aromatic N) is 4. The van der Waals surface area contributed by atoms with Crippen LogP contribution in [0.5, 0.6) is 5.75 Å². The standard InChI is InChI=1S/C20H14N4OS/c1-25-16-6-4-14(5-7-16)17-11-19(15-3-2-9-23-13-15)24-20(18(17)12-22)26-10-8-21/h2-7,9,11,13H,10H2,1H3. The Labute approximate surface area is 155 Å². The van der Waals surface area contributed by atoms with Gasteiger partial charge in [0, 0.05) is 23.5 Å². The van der Waals surface area contributed by atoms with Gasteiger partial charge in [0.1, 0.15) is 16.8 Å². The average molecular weight is 358 g/mol. The van der Waals surface area contributed by atoms with E-state index in [1.807, 2.05) is 42.5 Å². The zero-order valence-corrected chi connectivity index (χ0v) is 14.8. The number of pyridine rings is 2. The molecule has 1 aromatic carbocycles. The van der Waals surface area contributed by atoms with Gasteiger partial charge in [0.15, 0.2) is 0 Å². The highest BCUT2D eigenvalue weighted by molar-refractivity contribution is 7.99. The first-order valence-electron chi connectivity index (χ1n) is 7.76. The van der Waals surface area contributed by atoms with Crippen LogP contribution in [0.1, 0.15) is 5.56 Å². The van der Waals surface area contributed by atoms with E-state index in [9.17, 15) is 5.26 Å². The van der Waals surface area contributed by atoms with E-state index in [0.29, 0.717) is 16.3 Å². The first-order valence-corrected chi connectivity index (χ1v) is 8.75. The lowest BCUT2D eigenvalue weighted by Crippen LogP contribution is -1.96. The molecule has 2 aromatic heterocycles. The lowest BCUT2D eigenvalue weighted by Gasteiger charge is -2.12. The SMILES string of the molecule is COc1ccc(-c2cc(-c3cccnc3)nc(SCC#N)c2C#N)cc1. The number of methoxy groups -OCH3 is 1. The molecule has 0 amide bonds. The van der Waals surface area contributed by atoms with Gasteiger partial charge in [0.2, 0.25) is 0 Å². The van der Waals surface area contributed by atoms with Crippen molar-refractivity contribution in [1.82, 2.24) is 9.97 Å². The van der Waals surface area contributed by atoms with Crippen molar-refractivity contribution in [3.05, 3.63) is 60.4 Å². The van der Waals surface area contributed by atoms with Gasteiger partial charge in [-0.25, -0.2) is 4.98 Å². The van der Waals surface area contributed by atoms with Crippen molar-refractivity contribution >= 4 is 11.8 Å². The Morgan fingerprint density at radius 3 is 2.54 bits per heavy atom. The van der Waals surface area contributed by atoms with Crippen LogP contribution >= 0.6 is 11.8 Å². The topological polar surface area (TPSA) is 82.6 Å². The number of nitriles is 2. The largest absolute Gasteiger partial charge is 0.497 e. The van der Waals surface area contributed by atoms with Gasteiger partial charge >= 0.3 is 0 Å². The predicted octanol–water partition coefficient (Wildman–Crippen LogP) is 4.31. The van der Waals surface area contributed by atoms with Crippen LogP contribution in [0.3, 0.4) is 0 Å². The summed E-state index contributed by atoms with van der Waals surface area (Å²) in [5.74, 6) is 0.966. The Hall–Kier alpha value is -3.35. The minimum absolute atomic E-state index is 0.222. The number of aromatic nitrogens is 2. The van der Waals surface area contributed by atoms with Gasteiger partial charge in [0.05, 0.1) is 30.2 Å². The van der Waals surface area contributed by atoms with Crippen molar-refractivity contribution in [3.8, 4) is 40.3 Å². The van der Waals surface area contributed by atoms with Crippen LogP contribution in [-0.2, 0) is 0 Å². The van der Waals surface area contributed by atoms with Gasteiger partial charge in [-0.3, -0.25) is 4.98 Å². The number of rotatable bonds is 5. The molecule has 3 aromatic rings. The summed E-state index contributed by atoms with van der Waals surface area (Å²) in [7, 11) is 1.61. The second-order valence-electron chi connectivity index (χ2n) is 5.26. The molecule has 0 unspecified atom stereocenters. The molecule has 0 fully saturated rings. The zero-order chi connectivity index (χ0) is 18.4. The van der Waals surface area contributed by atoms with Crippen molar-refractivity contribution in [2.45, 2.75) is 5.03 Å². The molecular weight excluding hydrogens is 344 g/mol. The van der Waals surface area contributed by atoms with Crippen LogP contribution in [0, 0.1) is 22.7 Å². The number of ether oxygens (including phenoxy) is 1. The number of benzene rings is 1. The molecule has 6 heteroatoms. The Bertz CT molecular complexity index is 989. The molecule has 3 rings (SSSR count). The van der Waals surface area contributed by atoms with Crippen LogP contribution in [-0.4, -0.2) is 22.8 Å². The van der Waals surface area contributed by atoms with Crippen LogP contribution in [0.15, 0.2) is 59.9 Å². The van der Waals surface area contributed by atoms with E-state index in [2.05, 4.69) is 22.1 Å². The quantitative estimate of drug-likeness (QED) is 0.632. The summed E-state index contributed by atoms with van der Waals surface area (Å²) in [6, 6.07) is 17.5. The van der Waals surface area contributed by atoms with Crippen LogP contribution in [0.4, 0.5) is 0 Å². The average Bonchev–Trinajstić information content (AvgIpc) is 2.72. The lowest BCUT2D eigenvalue weighted by molar-refractivity contribution is 0.415. The van der Waals surface area contributed by atoms with Crippen LogP contribution in [0.2, 0.25) is 0 Å². The van der Waals surface area contributed by atoms with Crippen LogP contribution in [0.25, 0.3) is 22.4 Å². The Balaban J connectivity index is 2.20. The maximum atomic E-state index is 9.70. The summed E-state index contributed by atoms with van der Waals surface area (Å²) >= 11 is 1.26. The molecule has 26 heavy (non-hydrogen) atoms. The Morgan fingerprint density at radius 1 is 1.12 bits per heavy atom. The van der Waals surface area contributed by atoms with E-state index in [1.54, 1.807) is 19.5 Å². The van der Waals surface area contributed by atoms with E-state index in [-0.39, 0.29) is 5.75 Å². The third-order valence-corrected chi connectivity index (χ3v) is 4.57. The molecule has 0 saturated heterocycles. The number of thioether (sulfide) groups is 1. The predicted molar refractivity (Wildman–Crippen MR) is 101 cm³/mol. The molecule has 0 bridgehead atoms. The molecular formula is C20H14N4OS. The van der Waals surface area contributed by atoms with Gasteiger partial charge in [-0.2, -0.15) is 10.5 Å². The minimum Gasteiger partial charge on any atom is -0.497 e. The number of hydrogen-bond acceptors (Lipinski definition) is 6. The third-order valence-electron chi connectivity index (χ3n) is 3.73. The highest BCUT2D eigenvalue weighted by Gasteiger charge is 2.16. The highest BCUT2D eigenvalue weighted by atomic mass is 32.2. The smallest absolute Gasteiger partial charge is 0.118 e. The fourth-order valence-electron chi connectivity index (χ4n) is 2.50. The van der Waals surface area contributed by atoms with Gasteiger partial charge < -0.3 is 4.74 Å². The van der Waals surface area contributed by atoms with Crippen LogP contribution < -0.4 is 4.74 Å². The lowest BCUT2D eigenvalue weighted by atomic mass is 9.99. The molecule has 0 radical (unpaired) electrons. The maximum Gasteiger partial charge on any atom is 0.118 e. The summed E-state index contributed by atoms with van der Waals surface area (Å²) in [6.45, 7) is 0. The van der Waals surface area contributed by atoms with Crippen molar-refractivity contribution in [2.24, 2.45) is 0 Å². The van der Waals surface area contributed by atoms with Gasteiger partial charge in [0.25, 0.3) is 0 Å². The zero-order valence-electron chi connectivity index (χ0n) is 14.0. The highest BCUT2D eigenvalue weighted by Crippen LogP contribution is 2.34. The van der Waals surface area contributed by atoms with E-state index in [1.165, 1.54) is 11.8 Å². The first kappa shape index (κ1) is 17.5. The van der Waals surface area contributed by atoms with Gasteiger partial charge in [-0.15, -0.1) is 0 Å². The monoisotopic (exact) mass is 358 g/mol. The third kappa shape index (κ3) is 3.66. The maximum absolute atomic E-state index is 9.70. The Kier molecular flexibility index (Phi) is 5.48. The second-order valence-corrected chi connectivity index (χ2v) is 6.23. The molecule has 2 heterocycles. The summed E-state index contributed by atoms with van der Waals surface area (Å²) in [6.07, 6.45) is 3.42. The van der Waals surface area contributed by atoms with Gasteiger partial charge in [-0.05, 0) is 35.9 Å². The van der Waals surface area contributed by atoms with Crippen molar-refractivity contribution < 1.29 is 4.74 Å². The van der Waals surface area contributed by atoms with Crippen molar-refractivity contribution in [1.29, 1.82) is 10.5 Å². The summed E-state index contributed by atoms with van der Waals surface area (Å²) in [5.41, 5.74) is 3.68. The minimum atomic E-state index is 0.222. The van der Waals surface area contributed by atoms with E-state index < -0.39 is 0 Å². The fraction of sp³-hybridized carbons (Fsp3) is 0.100. The fourth-order valence-corrected chi connectivity index (χ4v) is 3.16. The first-order chi connectivity index (χ1) is 12.8. The molecule has 0 aliphatic rings. The molecule has 5 nitrogen and oxygen atoms in total. The van der Waals surface area contributed by atoms with Gasteiger partial charge in [-0.1, -0.05) is 23.9 Å². The summed E-state index contributed by atoms with van der Waals surface area (Å²) in [4.78, 5) is 8.74. The van der Waals surface area contributed by atoms with Crippen molar-refractivity contribution in [3.63, 3.8) is 0 Å². The molecule has 126 valence electrons. The molecule has 0 saturated carbocycles. The number of hydrogen-bond donors (Lipinski definition) is 0. The molecule has 0 aliphatic carbocycles. The normalized spacial score (nSPS) is 9.96. The summed E-state index contributed by atoms with van der Waals surface area (Å²) in [5, 5.41) is 19.2. The molecule has 0 spiro atoms. The molecule has 0 aliphatic heterocycles. The molecule has 0 N–H and O–H groups in total. The van der Waals surface area contributed by atoms with E-state index >= 15 is 0 Å². The Morgan fingerprint density at radius 2 is 1.92 bits per heavy atom. The molecule has 0 atom stereocenters. The van der Waals surface area contributed by atoms with E-state index in [0.717, 1.165) is 22.4 Å². The second kappa shape index (κ2) is 8.15. The van der Waals surface area contributed by atoms with Crippen molar-refractivity contribution in [2.75, 3.05) is 12.9 Å². The van der Waals surface area contributed by atoms with E-state index in [4.69, 9.17) is 10.00 Å². The summed E-state index contributed by atoms with van der Waals surface area (Å²) < 4.78 is 5.21.